The Kier molecular flexibility index (Phi) is 1.06. The van der Waals surface area contributed by atoms with Gasteiger partial charge in [0, 0.05) is 17.2 Å². The van der Waals surface area contributed by atoms with Gasteiger partial charge in [-0.1, -0.05) is 18.2 Å². The fraction of sp³-hybridized carbons (Fsp3) is 0.0769. The molecule has 0 amide bonds. The Morgan fingerprint density at radius 3 is 2.87 bits per heavy atom. The summed E-state index contributed by atoms with van der Waals surface area (Å²) in [5.41, 5.74) is 5.29. The number of pyridine rings is 1. The summed E-state index contributed by atoms with van der Waals surface area (Å²) in [5, 5.41) is 0. The summed E-state index contributed by atoms with van der Waals surface area (Å²) in [6, 6.07) is 9.88. The average molecular weight is 194 g/mol. The van der Waals surface area contributed by atoms with Gasteiger partial charge in [0.05, 0.1) is 11.1 Å². The third kappa shape index (κ3) is 0.687. The molecule has 4 rings (SSSR count). The minimum atomic E-state index is 0.177. The molecule has 0 saturated heterocycles. The smallest absolute Gasteiger partial charge is 0.225 e. The van der Waals surface area contributed by atoms with Crippen molar-refractivity contribution >= 4 is 5.78 Å². The lowest BCUT2D eigenvalue weighted by Crippen LogP contribution is -2.32. The molecule has 1 aliphatic heterocycles. The molecule has 2 heterocycles. The van der Waals surface area contributed by atoms with Crippen LogP contribution in [0.15, 0.2) is 36.5 Å². The van der Waals surface area contributed by atoms with Crippen LogP contribution in [0.5, 0.6) is 0 Å². The van der Waals surface area contributed by atoms with Gasteiger partial charge in [-0.05, 0) is 6.07 Å². The average Bonchev–Trinajstić information content (AvgIpc) is 2.77. The van der Waals surface area contributed by atoms with Gasteiger partial charge in [0.2, 0.25) is 11.5 Å². The first-order valence-corrected chi connectivity index (χ1v) is 5.06. The summed E-state index contributed by atoms with van der Waals surface area (Å²) < 4.78 is 2.16. The van der Waals surface area contributed by atoms with Crippen LogP contribution in [-0.4, -0.2) is 5.78 Å². The van der Waals surface area contributed by atoms with Crippen LogP contribution >= 0.6 is 0 Å². The topological polar surface area (TPSA) is 20.9 Å². The zero-order chi connectivity index (χ0) is 9.99. The van der Waals surface area contributed by atoms with Crippen molar-refractivity contribution in [2.24, 2.45) is 0 Å². The predicted molar refractivity (Wildman–Crippen MR) is 54.6 cm³/mol. The largest absolute Gasteiger partial charge is 0.288 e. The Morgan fingerprint density at radius 1 is 1.07 bits per heavy atom. The van der Waals surface area contributed by atoms with Crippen LogP contribution in [0.3, 0.4) is 0 Å². The van der Waals surface area contributed by atoms with E-state index in [1.54, 1.807) is 0 Å². The number of ketones is 1. The molecule has 0 fully saturated rings. The van der Waals surface area contributed by atoms with Crippen molar-refractivity contribution in [3.05, 3.63) is 53.2 Å². The van der Waals surface area contributed by atoms with Gasteiger partial charge in [-0.2, -0.15) is 4.57 Å². The van der Waals surface area contributed by atoms with Gasteiger partial charge in [-0.25, -0.2) is 0 Å². The number of carbonyl (C=O) groups is 1. The monoisotopic (exact) mass is 194 g/mol. The number of hydrogen-bond acceptors (Lipinski definition) is 1. The quantitative estimate of drug-likeness (QED) is 0.389. The third-order valence-corrected chi connectivity index (χ3v) is 3.29. The van der Waals surface area contributed by atoms with Crippen molar-refractivity contribution in [1.29, 1.82) is 0 Å². The summed E-state index contributed by atoms with van der Waals surface area (Å²) in [4.78, 5) is 12.1. The van der Waals surface area contributed by atoms with Gasteiger partial charge in [0.1, 0.15) is 0 Å². The Morgan fingerprint density at radius 2 is 1.93 bits per heavy atom. The van der Waals surface area contributed by atoms with E-state index in [1.165, 1.54) is 5.56 Å². The van der Waals surface area contributed by atoms with Crippen LogP contribution in [0.4, 0.5) is 0 Å². The van der Waals surface area contributed by atoms with E-state index in [0.717, 1.165) is 28.9 Å². The van der Waals surface area contributed by atoms with Crippen LogP contribution in [0.25, 0.3) is 11.3 Å². The van der Waals surface area contributed by atoms with Gasteiger partial charge in [0.25, 0.3) is 0 Å². The molecule has 0 atom stereocenters. The van der Waals surface area contributed by atoms with Gasteiger partial charge >= 0.3 is 0 Å². The van der Waals surface area contributed by atoms with E-state index in [-0.39, 0.29) is 5.78 Å². The lowest BCUT2D eigenvalue weighted by atomic mass is 10.0. The van der Waals surface area contributed by atoms with Crippen molar-refractivity contribution in [3.8, 4) is 11.3 Å². The number of nitrogens with zero attached hydrogens (tertiary/aromatic N) is 1. The van der Waals surface area contributed by atoms with E-state index >= 15 is 0 Å². The molecule has 1 aliphatic carbocycles. The molecule has 2 aliphatic rings. The zero-order valence-corrected chi connectivity index (χ0v) is 8.03. The van der Waals surface area contributed by atoms with Gasteiger partial charge < -0.3 is 0 Å². The van der Waals surface area contributed by atoms with Crippen molar-refractivity contribution in [2.45, 2.75) is 6.54 Å². The third-order valence-electron chi connectivity index (χ3n) is 3.29. The van der Waals surface area contributed by atoms with Crippen LogP contribution in [0.2, 0.25) is 0 Å². The summed E-state index contributed by atoms with van der Waals surface area (Å²) in [6.45, 7) is 0.902. The molecule has 0 radical (unpaired) electrons. The molecular weight excluding hydrogens is 186 g/mol. The number of carbonyl (C=O) groups excluding carboxylic acids is 1. The molecule has 0 N–H and O–H groups in total. The SMILES string of the molecule is O=C1c2cccc3c2-c2c1ccc[n+]2C3. The fourth-order valence-electron chi connectivity index (χ4n) is 2.67. The van der Waals surface area contributed by atoms with Crippen LogP contribution < -0.4 is 4.57 Å². The van der Waals surface area contributed by atoms with E-state index in [9.17, 15) is 4.79 Å². The van der Waals surface area contributed by atoms with E-state index in [0.29, 0.717) is 0 Å². The first-order valence-electron chi connectivity index (χ1n) is 5.06. The molecule has 0 unspecified atom stereocenters. The lowest BCUT2D eigenvalue weighted by molar-refractivity contribution is -0.672. The van der Waals surface area contributed by atoms with E-state index in [2.05, 4.69) is 10.6 Å². The van der Waals surface area contributed by atoms with Crippen molar-refractivity contribution in [2.75, 3.05) is 0 Å². The highest BCUT2D eigenvalue weighted by Gasteiger charge is 2.40. The lowest BCUT2D eigenvalue weighted by Gasteiger charge is -1.96. The number of benzene rings is 1. The molecule has 1 aromatic heterocycles. The van der Waals surface area contributed by atoms with Gasteiger partial charge in [0.15, 0.2) is 12.7 Å². The highest BCUT2D eigenvalue weighted by Crippen LogP contribution is 2.39. The molecule has 0 saturated carbocycles. The Labute approximate surface area is 86.8 Å². The first kappa shape index (κ1) is 7.35. The van der Waals surface area contributed by atoms with Gasteiger partial charge in [-0.15, -0.1) is 0 Å². The second kappa shape index (κ2) is 2.16. The molecule has 0 bridgehead atoms. The highest BCUT2D eigenvalue weighted by molar-refractivity contribution is 6.21. The molecule has 0 spiro atoms. The standard InChI is InChI=1S/C13H8NO/c15-13-9-4-1-3-8-7-14-6-2-5-10(13)12(14)11(8)9/h1-6H,7H2/q+1. The van der Waals surface area contributed by atoms with E-state index < -0.39 is 0 Å². The normalized spacial score (nSPS) is 14.5. The molecular formula is C13H8NO+. The van der Waals surface area contributed by atoms with Crippen molar-refractivity contribution in [1.82, 2.24) is 0 Å². The number of aromatic nitrogens is 1. The molecule has 2 heteroatoms. The molecule has 2 aromatic rings. The van der Waals surface area contributed by atoms with Crippen LogP contribution in [-0.2, 0) is 6.54 Å². The minimum Gasteiger partial charge on any atom is -0.288 e. The van der Waals surface area contributed by atoms with E-state index in [4.69, 9.17) is 0 Å². The number of rotatable bonds is 0. The summed E-state index contributed by atoms with van der Waals surface area (Å²) in [5.74, 6) is 0.177. The van der Waals surface area contributed by atoms with Crippen molar-refractivity contribution in [3.63, 3.8) is 0 Å². The summed E-state index contributed by atoms with van der Waals surface area (Å²) >= 11 is 0. The van der Waals surface area contributed by atoms with E-state index in [1.807, 2.05) is 30.5 Å². The number of hydrogen-bond donors (Lipinski definition) is 0. The van der Waals surface area contributed by atoms with Gasteiger partial charge in [-0.3, -0.25) is 4.79 Å². The molecule has 2 nitrogen and oxygen atoms in total. The Balaban J connectivity index is 2.28. The zero-order valence-electron chi connectivity index (χ0n) is 8.03. The summed E-state index contributed by atoms with van der Waals surface area (Å²) in [7, 11) is 0. The minimum absolute atomic E-state index is 0.177. The first-order chi connectivity index (χ1) is 7.36. The molecule has 1 aromatic carbocycles. The maximum atomic E-state index is 12.1. The van der Waals surface area contributed by atoms with Crippen LogP contribution in [0.1, 0.15) is 21.5 Å². The second-order valence-electron chi connectivity index (χ2n) is 4.07. The Bertz CT molecular complexity index is 575. The summed E-state index contributed by atoms with van der Waals surface area (Å²) in [6.07, 6.45) is 2.04. The fourth-order valence-corrected chi connectivity index (χ4v) is 2.67. The maximum absolute atomic E-state index is 12.1. The molecule has 15 heavy (non-hydrogen) atoms. The second-order valence-corrected chi connectivity index (χ2v) is 4.07. The van der Waals surface area contributed by atoms with Crippen molar-refractivity contribution < 1.29 is 9.36 Å². The van der Waals surface area contributed by atoms with Crippen LogP contribution in [0, 0.1) is 0 Å². The Hall–Kier alpha value is -1.96. The molecule has 70 valence electrons. The predicted octanol–water partition coefficient (Wildman–Crippen LogP) is 1.55. The highest BCUT2D eigenvalue weighted by atomic mass is 16.1. The maximum Gasteiger partial charge on any atom is 0.225 e.